The zero-order valence-corrected chi connectivity index (χ0v) is 11.7. The van der Waals surface area contributed by atoms with Gasteiger partial charge in [0.15, 0.2) is 0 Å². The lowest BCUT2D eigenvalue weighted by Gasteiger charge is -2.08. The van der Waals surface area contributed by atoms with Crippen LogP contribution in [-0.2, 0) is 17.6 Å². The van der Waals surface area contributed by atoms with Crippen molar-refractivity contribution in [1.29, 1.82) is 0 Å². The quantitative estimate of drug-likeness (QED) is 0.858. The van der Waals surface area contributed by atoms with Crippen LogP contribution in [0.5, 0.6) is 0 Å². The molecule has 2 aromatic carbocycles. The van der Waals surface area contributed by atoms with Crippen LogP contribution in [0.3, 0.4) is 0 Å². The van der Waals surface area contributed by atoms with Crippen LogP contribution < -0.4 is 5.32 Å². The highest BCUT2D eigenvalue weighted by Crippen LogP contribution is 2.14. The van der Waals surface area contributed by atoms with Gasteiger partial charge in [-0.15, -0.1) is 0 Å². The van der Waals surface area contributed by atoms with Crippen LogP contribution >= 0.6 is 0 Å². The van der Waals surface area contributed by atoms with Crippen molar-refractivity contribution in [2.24, 2.45) is 0 Å². The Bertz CT molecular complexity index is 613. The molecule has 0 spiro atoms. The third-order valence-corrected chi connectivity index (χ3v) is 3.14. The van der Waals surface area contributed by atoms with Crippen molar-refractivity contribution in [2.75, 3.05) is 11.9 Å². The molecule has 0 saturated heterocycles. The van der Waals surface area contributed by atoms with Crippen molar-refractivity contribution in [3.8, 4) is 0 Å². The summed E-state index contributed by atoms with van der Waals surface area (Å²) in [6.45, 7) is 0.143. The number of aryl methyl sites for hydroxylation is 1. The molecule has 2 rings (SSSR count). The predicted molar refractivity (Wildman–Crippen MR) is 80.6 cm³/mol. The molecule has 110 valence electrons. The molecule has 0 aliphatic rings. The molecule has 21 heavy (non-hydrogen) atoms. The van der Waals surface area contributed by atoms with Crippen LogP contribution in [0.4, 0.5) is 10.1 Å². The average molecular weight is 287 g/mol. The SMILES string of the molecule is O=C(Cc1ccccc1F)Nc1cccc(CCCO)c1. The van der Waals surface area contributed by atoms with E-state index in [2.05, 4.69) is 5.32 Å². The molecule has 0 unspecified atom stereocenters. The summed E-state index contributed by atoms with van der Waals surface area (Å²) < 4.78 is 13.5. The number of amides is 1. The van der Waals surface area contributed by atoms with Crippen LogP contribution in [0.1, 0.15) is 17.5 Å². The molecule has 2 aromatic rings. The van der Waals surface area contributed by atoms with E-state index in [1.165, 1.54) is 6.07 Å². The summed E-state index contributed by atoms with van der Waals surface area (Å²) >= 11 is 0. The normalized spacial score (nSPS) is 10.4. The number of nitrogens with one attached hydrogen (secondary N) is 1. The maximum absolute atomic E-state index is 13.5. The van der Waals surface area contributed by atoms with Crippen LogP contribution in [0.15, 0.2) is 48.5 Å². The van der Waals surface area contributed by atoms with Crippen LogP contribution in [-0.4, -0.2) is 17.6 Å². The number of rotatable bonds is 6. The molecule has 3 nitrogen and oxygen atoms in total. The Labute approximate surface area is 123 Å². The summed E-state index contributed by atoms with van der Waals surface area (Å²) in [6, 6.07) is 13.7. The summed E-state index contributed by atoms with van der Waals surface area (Å²) in [5.74, 6) is -0.622. The lowest BCUT2D eigenvalue weighted by atomic mass is 10.1. The number of hydrogen-bond acceptors (Lipinski definition) is 2. The standard InChI is InChI=1S/C17H18FNO2/c18-16-9-2-1-7-14(16)12-17(21)19-15-8-3-5-13(11-15)6-4-10-20/h1-3,5,7-9,11,20H,4,6,10,12H2,(H,19,21). The van der Waals surface area contributed by atoms with Gasteiger partial charge >= 0.3 is 0 Å². The monoisotopic (exact) mass is 287 g/mol. The number of hydrogen-bond donors (Lipinski definition) is 2. The second kappa shape index (κ2) is 7.55. The second-order valence-corrected chi connectivity index (χ2v) is 4.84. The Kier molecular flexibility index (Phi) is 5.46. The Hall–Kier alpha value is -2.20. The molecular formula is C17H18FNO2. The fourth-order valence-corrected chi connectivity index (χ4v) is 2.11. The molecule has 0 saturated carbocycles. The highest BCUT2D eigenvalue weighted by atomic mass is 19.1. The van der Waals surface area contributed by atoms with Gasteiger partial charge in [-0.3, -0.25) is 4.79 Å². The van der Waals surface area contributed by atoms with Gasteiger partial charge in [-0.05, 0) is 42.2 Å². The van der Waals surface area contributed by atoms with E-state index in [-0.39, 0.29) is 24.8 Å². The first-order valence-electron chi connectivity index (χ1n) is 6.92. The van der Waals surface area contributed by atoms with E-state index in [9.17, 15) is 9.18 Å². The highest BCUT2D eigenvalue weighted by Gasteiger charge is 2.08. The van der Waals surface area contributed by atoms with E-state index in [1.807, 2.05) is 18.2 Å². The summed E-state index contributed by atoms with van der Waals surface area (Å²) in [4.78, 5) is 11.9. The molecule has 0 aliphatic heterocycles. The molecule has 0 atom stereocenters. The fraction of sp³-hybridized carbons (Fsp3) is 0.235. The molecular weight excluding hydrogens is 269 g/mol. The zero-order valence-electron chi connectivity index (χ0n) is 11.7. The molecule has 0 aromatic heterocycles. The molecule has 0 bridgehead atoms. The van der Waals surface area contributed by atoms with Gasteiger partial charge in [-0.25, -0.2) is 4.39 Å². The Morgan fingerprint density at radius 1 is 1.14 bits per heavy atom. The summed E-state index contributed by atoms with van der Waals surface area (Å²) in [7, 11) is 0. The summed E-state index contributed by atoms with van der Waals surface area (Å²) in [5, 5.41) is 11.6. The Morgan fingerprint density at radius 2 is 1.95 bits per heavy atom. The van der Waals surface area contributed by atoms with Crippen LogP contribution in [0.2, 0.25) is 0 Å². The lowest BCUT2D eigenvalue weighted by molar-refractivity contribution is -0.115. The predicted octanol–water partition coefficient (Wildman–Crippen LogP) is 2.93. The first-order chi connectivity index (χ1) is 10.2. The van der Waals surface area contributed by atoms with E-state index in [1.54, 1.807) is 24.3 Å². The second-order valence-electron chi connectivity index (χ2n) is 4.84. The van der Waals surface area contributed by atoms with Gasteiger partial charge in [-0.1, -0.05) is 30.3 Å². The topological polar surface area (TPSA) is 49.3 Å². The van der Waals surface area contributed by atoms with Crippen molar-refractivity contribution < 1.29 is 14.3 Å². The molecule has 2 N–H and O–H groups in total. The maximum Gasteiger partial charge on any atom is 0.228 e. The van der Waals surface area contributed by atoms with Crippen molar-refractivity contribution in [3.05, 3.63) is 65.5 Å². The summed E-state index contributed by atoms with van der Waals surface area (Å²) in [6.07, 6.45) is 1.45. The number of aliphatic hydroxyl groups is 1. The number of carbonyl (C=O) groups excluding carboxylic acids is 1. The molecule has 1 amide bonds. The fourth-order valence-electron chi connectivity index (χ4n) is 2.11. The van der Waals surface area contributed by atoms with Gasteiger partial charge < -0.3 is 10.4 Å². The van der Waals surface area contributed by atoms with Crippen LogP contribution in [0.25, 0.3) is 0 Å². The number of carbonyl (C=O) groups is 1. The van der Waals surface area contributed by atoms with Gasteiger partial charge in [-0.2, -0.15) is 0 Å². The average Bonchev–Trinajstić information content (AvgIpc) is 2.48. The first kappa shape index (κ1) is 15.2. The van der Waals surface area contributed by atoms with Crippen LogP contribution in [0, 0.1) is 5.82 Å². The maximum atomic E-state index is 13.5. The van der Waals surface area contributed by atoms with Crippen molar-refractivity contribution in [3.63, 3.8) is 0 Å². The van der Waals surface area contributed by atoms with E-state index < -0.39 is 0 Å². The van der Waals surface area contributed by atoms with Gasteiger partial charge in [0.2, 0.25) is 5.91 Å². The Balaban J connectivity index is 1.98. The first-order valence-corrected chi connectivity index (χ1v) is 6.92. The largest absolute Gasteiger partial charge is 0.396 e. The summed E-state index contributed by atoms with van der Waals surface area (Å²) in [5.41, 5.74) is 2.12. The van der Waals surface area contributed by atoms with E-state index >= 15 is 0 Å². The van der Waals surface area contributed by atoms with E-state index in [0.29, 0.717) is 17.7 Å². The van der Waals surface area contributed by atoms with Gasteiger partial charge in [0.1, 0.15) is 5.82 Å². The molecule has 4 heteroatoms. The third kappa shape index (κ3) is 4.68. The van der Waals surface area contributed by atoms with Gasteiger partial charge in [0.25, 0.3) is 0 Å². The smallest absolute Gasteiger partial charge is 0.228 e. The Morgan fingerprint density at radius 3 is 2.71 bits per heavy atom. The van der Waals surface area contributed by atoms with Gasteiger partial charge in [0.05, 0.1) is 6.42 Å². The number of benzene rings is 2. The molecule has 0 aliphatic carbocycles. The number of aliphatic hydroxyl groups excluding tert-OH is 1. The van der Waals surface area contributed by atoms with Crippen molar-refractivity contribution in [2.45, 2.75) is 19.3 Å². The minimum absolute atomic E-state index is 0.00748. The molecule has 0 heterocycles. The molecule has 0 radical (unpaired) electrons. The minimum Gasteiger partial charge on any atom is -0.396 e. The van der Waals surface area contributed by atoms with E-state index in [4.69, 9.17) is 5.11 Å². The number of halogens is 1. The zero-order chi connectivity index (χ0) is 15.1. The third-order valence-electron chi connectivity index (χ3n) is 3.14. The van der Waals surface area contributed by atoms with E-state index in [0.717, 1.165) is 12.0 Å². The molecule has 0 fully saturated rings. The van der Waals surface area contributed by atoms with Gasteiger partial charge in [0, 0.05) is 12.3 Å². The van der Waals surface area contributed by atoms with Crippen molar-refractivity contribution in [1.82, 2.24) is 0 Å². The lowest BCUT2D eigenvalue weighted by Crippen LogP contribution is -2.15. The minimum atomic E-state index is -0.371. The highest BCUT2D eigenvalue weighted by molar-refractivity contribution is 5.92. The van der Waals surface area contributed by atoms with Crippen molar-refractivity contribution >= 4 is 11.6 Å². The number of anilines is 1.